The van der Waals surface area contributed by atoms with Crippen LogP contribution < -0.4 is 0 Å². The molecule has 2 aromatic carbocycles. The topological polar surface area (TPSA) is 55.1 Å². The largest absolute Gasteiger partial charge is 0.478 e. The number of para-hydroxylation sites is 1. The molecule has 0 spiro atoms. The number of rotatable bonds is 2. The van der Waals surface area contributed by atoms with Gasteiger partial charge in [0.05, 0.1) is 16.1 Å². The van der Waals surface area contributed by atoms with Crippen LogP contribution in [0.25, 0.3) is 16.7 Å². The Kier molecular flexibility index (Phi) is 2.91. The Morgan fingerprint density at radius 3 is 2.80 bits per heavy atom. The number of carboxylic acid groups (broad SMARTS) is 1. The van der Waals surface area contributed by atoms with Crippen molar-refractivity contribution < 1.29 is 14.3 Å². The molecular weight excluding hydrogens is 283 g/mol. The van der Waals surface area contributed by atoms with Crippen molar-refractivity contribution >= 4 is 28.6 Å². The first-order valence-electron chi connectivity index (χ1n) is 5.72. The molecule has 4 nitrogen and oxygen atoms in total. The molecule has 3 rings (SSSR count). The first-order valence-corrected chi connectivity index (χ1v) is 6.10. The fraction of sp³-hybridized carbons (Fsp3) is 0. The number of nitrogens with zero attached hydrogens (tertiary/aromatic N) is 2. The maximum Gasteiger partial charge on any atom is 0.337 e. The van der Waals surface area contributed by atoms with E-state index in [4.69, 9.17) is 16.7 Å². The van der Waals surface area contributed by atoms with Crippen molar-refractivity contribution in [3.8, 4) is 5.69 Å². The van der Waals surface area contributed by atoms with E-state index in [-0.39, 0.29) is 10.6 Å². The van der Waals surface area contributed by atoms with Gasteiger partial charge in [0, 0.05) is 5.69 Å². The molecule has 0 amide bonds. The lowest BCUT2D eigenvalue weighted by Crippen LogP contribution is -1.98. The van der Waals surface area contributed by atoms with Crippen LogP contribution in [0, 0.1) is 5.82 Å². The van der Waals surface area contributed by atoms with Crippen molar-refractivity contribution in [2.75, 3.05) is 0 Å². The predicted octanol–water partition coefficient (Wildman–Crippen LogP) is 3.52. The second-order valence-corrected chi connectivity index (χ2v) is 4.60. The first kappa shape index (κ1) is 12.6. The lowest BCUT2D eigenvalue weighted by Gasteiger charge is -2.05. The molecule has 6 heteroatoms. The Bertz CT molecular complexity index is 829. The molecule has 20 heavy (non-hydrogen) atoms. The Hall–Kier alpha value is -2.40. The minimum Gasteiger partial charge on any atom is -0.478 e. The molecule has 3 aromatic rings. The molecule has 0 unspecified atom stereocenters. The summed E-state index contributed by atoms with van der Waals surface area (Å²) in [6.07, 6.45) is 1.49. The molecule has 1 aromatic heterocycles. The molecule has 0 fully saturated rings. The van der Waals surface area contributed by atoms with Crippen LogP contribution in [-0.2, 0) is 0 Å². The number of carboxylic acids is 1. The lowest BCUT2D eigenvalue weighted by atomic mass is 10.2. The van der Waals surface area contributed by atoms with Gasteiger partial charge in [-0.1, -0.05) is 17.7 Å². The average molecular weight is 291 g/mol. The molecule has 0 aliphatic carbocycles. The van der Waals surface area contributed by atoms with Crippen molar-refractivity contribution in [2.45, 2.75) is 0 Å². The number of aromatic carboxylic acids is 1. The molecule has 100 valence electrons. The molecular formula is C14H8ClFN2O2. The van der Waals surface area contributed by atoms with Gasteiger partial charge >= 0.3 is 5.97 Å². The van der Waals surface area contributed by atoms with E-state index in [9.17, 15) is 9.18 Å². The van der Waals surface area contributed by atoms with Crippen LogP contribution >= 0.6 is 11.6 Å². The SMILES string of the molecule is O=C(O)c1cccc2c1ncn2-c1ccc(F)c(Cl)c1. The molecule has 1 N–H and O–H groups in total. The van der Waals surface area contributed by atoms with Crippen molar-refractivity contribution in [3.05, 3.63) is 59.1 Å². The van der Waals surface area contributed by atoms with Gasteiger partial charge in [-0.05, 0) is 30.3 Å². The van der Waals surface area contributed by atoms with Gasteiger partial charge < -0.3 is 5.11 Å². The molecule has 0 aliphatic heterocycles. The van der Waals surface area contributed by atoms with Gasteiger partial charge in [0.1, 0.15) is 17.7 Å². The van der Waals surface area contributed by atoms with Crippen molar-refractivity contribution in [1.82, 2.24) is 9.55 Å². The fourth-order valence-electron chi connectivity index (χ4n) is 2.05. The third-order valence-electron chi connectivity index (χ3n) is 2.99. The van der Waals surface area contributed by atoms with E-state index in [0.717, 1.165) is 0 Å². The van der Waals surface area contributed by atoms with Crippen molar-refractivity contribution in [3.63, 3.8) is 0 Å². The standard InChI is InChI=1S/C14H8ClFN2O2/c15-10-6-8(4-5-11(10)16)18-7-17-13-9(14(19)20)2-1-3-12(13)18/h1-7H,(H,19,20). The summed E-state index contributed by atoms with van der Waals surface area (Å²) in [5, 5.41) is 9.12. The quantitative estimate of drug-likeness (QED) is 0.785. The Balaban J connectivity index is 2.25. The van der Waals surface area contributed by atoms with E-state index in [1.54, 1.807) is 22.8 Å². The Labute approximate surface area is 118 Å². The van der Waals surface area contributed by atoms with Crippen molar-refractivity contribution in [1.29, 1.82) is 0 Å². The fourth-order valence-corrected chi connectivity index (χ4v) is 2.23. The lowest BCUT2D eigenvalue weighted by molar-refractivity contribution is 0.0699. The number of carbonyl (C=O) groups is 1. The van der Waals surface area contributed by atoms with E-state index in [0.29, 0.717) is 16.7 Å². The number of hydrogen-bond acceptors (Lipinski definition) is 2. The van der Waals surface area contributed by atoms with Crippen LogP contribution in [-0.4, -0.2) is 20.6 Å². The van der Waals surface area contributed by atoms with E-state index in [1.807, 2.05) is 0 Å². The van der Waals surface area contributed by atoms with Crippen LogP contribution in [0.15, 0.2) is 42.7 Å². The van der Waals surface area contributed by atoms with Crippen LogP contribution in [0.4, 0.5) is 4.39 Å². The summed E-state index contributed by atoms with van der Waals surface area (Å²) in [5.41, 5.74) is 1.73. The summed E-state index contributed by atoms with van der Waals surface area (Å²) in [5.74, 6) is -1.55. The van der Waals surface area contributed by atoms with Crippen LogP contribution in [0.1, 0.15) is 10.4 Å². The zero-order chi connectivity index (χ0) is 14.3. The Morgan fingerprint density at radius 1 is 1.30 bits per heavy atom. The summed E-state index contributed by atoms with van der Waals surface area (Å²) in [4.78, 5) is 15.3. The monoisotopic (exact) mass is 290 g/mol. The predicted molar refractivity (Wildman–Crippen MR) is 73.0 cm³/mol. The highest BCUT2D eigenvalue weighted by molar-refractivity contribution is 6.30. The van der Waals surface area contributed by atoms with Gasteiger partial charge in [-0.25, -0.2) is 14.2 Å². The van der Waals surface area contributed by atoms with Crippen LogP contribution in [0.5, 0.6) is 0 Å². The van der Waals surface area contributed by atoms with Crippen LogP contribution in [0.3, 0.4) is 0 Å². The number of hydrogen-bond donors (Lipinski definition) is 1. The normalized spacial score (nSPS) is 10.9. The molecule has 0 saturated carbocycles. The van der Waals surface area contributed by atoms with Crippen molar-refractivity contribution in [2.24, 2.45) is 0 Å². The van der Waals surface area contributed by atoms with Gasteiger partial charge in [0.2, 0.25) is 0 Å². The molecule has 0 radical (unpaired) electrons. The van der Waals surface area contributed by atoms with Gasteiger partial charge in [-0.3, -0.25) is 4.57 Å². The molecule has 1 heterocycles. The number of imidazole rings is 1. The minimum absolute atomic E-state index is 0.00117. The van der Waals surface area contributed by atoms with Gasteiger partial charge in [0.25, 0.3) is 0 Å². The highest BCUT2D eigenvalue weighted by Gasteiger charge is 2.13. The Morgan fingerprint density at radius 2 is 2.10 bits per heavy atom. The minimum atomic E-state index is -1.04. The van der Waals surface area contributed by atoms with Crippen LogP contribution in [0.2, 0.25) is 5.02 Å². The first-order chi connectivity index (χ1) is 9.58. The van der Waals surface area contributed by atoms with Gasteiger partial charge in [-0.15, -0.1) is 0 Å². The van der Waals surface area contributed by atoms with E-state index < -0.39 is 11.8 Å². The van der Waals surface area contributed by atoms with E-state index in [1.165, 1.54) is 24.5 Å². The third-order valence-corrected chi connectivity index (χ3v) is 3.28. The zero-order valence-electron chi connectivity index (χ0n) is 10.0. The second kappa shape index (κ2) is 4.61. The molecule has 0 saturated heterocycles. The average Bonchev–Trinajstić information content (AvgIpc) is 2.85. The summed E-state index contributed by atoms with van der Waals surface area (Å²) in [6.45, 7) is 0. The summed E-state index contributed by atoms with van der Waals surface area (Å²) in [7, 11) is 0. The van der Waals surface area contributed by atoms with E-state index >= 15 is 0 Å². The summed E-state index contributed by atoms with van der Waals surface area (Å²) in [6, 6.07) is 9.13. The molecule has 0 aliphatic rings. The maximum absolute atomic E-state index is 13.2. The maximum atomic E-state index is 13.2. The number of fused-ring (bicyclic) bond motifs is 1. The zero-order valence-corrected chi connectivity index (χ0v) is 10.8. The summed E-state index contributed by atoms with van der Waals surface area (Å²) < 4.78 is 14.8. The highest BCUT2D eigenvalue weighted by atomic mass is 35.5. The third kappa shape index (κ3) is 1.92. The highest BCUT2D eigenvalue weighted by Crippen LogP contribution is 2.24. The van der Waals surface area contributed by atoms with Gasteiger partial charge in [0.15, 0.2) is 0 Å². The van der Waals surface area contributed by atoms with E-state index in [2.05, 4.69) is 4.98 Å². The summed E-state index contributed by atoms with van der Waals surface area (Å²) >= 11 is 5.76. The molecule has 0 atom stereocenters. The number of halogens is 2. The second-order valence-electron chi connectivity index (χ2n) is 4.19. The molecule has 0 bridgehead atoms. The number of aromatic nitrogens is 2. The smallest absolute Gasteiger partial charge is 0.337 e. The van der Waals surface area contributed by atoms with Gasteiger partial charge in [-0.2, -0.15) is 0 Å². The number of benzene rings is 2.